The Bertz CT molecular complexity index is 420. The number of hydrogen-bond donors (Lipinski definition) is 1. The van der Waals surface area contributed by atoms with Crippen LogP contribution < -0.4 is 5.73 Å². The number of nitrogens with two attached hydrogens (primary N) is 1. The Kier molecular flexibility index (Phi) is 6.53. The average Bonchev–Trinajstić information content (AvgIpc) is 3.24. The van der Waals surface area contributed by atoms with Crippen molar-refractivity contribution in [1.29, 1.82) is 0 Å². The van der Waals surface area contributed by atoms with Gasteiger partial charge >= 0.3 is 6.03 Å². The molecule has 0 aliphatic carbocycles. The van der Waals surface area contributed by atoms with Crippen LogP contribution in [0.3, 0.4) is 0 Å². The Morgan fingerprint density at radius 3 is 2.09 bits per heavy atom. The highest BCUT2D eigenvalue weighted by Gasteiger charge is 2.35. The summed E-state index contributed by atoms with van der Waals surface area (Å²) in [5.41, 5.74) is 5.77. The number of hydrogen-bond acceptors (Lipinski definition) is 3. The summed E-state index contributed by atoms with van der Waals surface area (Å²) in [4.78, 5) is 30.9. The largest absolute Gasteiger partial charge is 0.338 e. The lowest BCUT2D eigenvalue weighted by molar-refractivity contribution is -0.137. The van der Waals surface area contributed by atoms with Crippen molar-refractivity contribution in [3.8, 4) is 0 Å². The Morgan fingerprint density at radius 1 is 0.870 bits per heavy atom. The molecule has 0 bridgehead atoms. The third-order valence-electron chi connectivity index (χ3n) is 5.42. The van der Waals surface area contributed by atoms with Crippen LogP contribution in [0.5, 0.6) is 0 Å². The van der Waals surface area contributed by atoms with Gasteiger partial charge in [0.05, 0.1) is 0 Å². The fourth-order valence-corrected chi connectivity index (χ4v) is 4.03. The fourth-order valence-electron chi connectivity index (χ4n) is 4.03. The molecule has 3 amide bonds. The predicted octanol–water partition coefficient (Wildman–Crippen LogP) is 1.29. The molecule has 0 spiro atoms. The van der Waals surface area contributed by atoms with Gasteiger partial charge in [0.1, 0.15) is 0 Å². The molecule has 3 aliphatic heterocycles. The molecule has 3 aliphatic rings. The standard InChI is InChI=1S/C16H28N4O2.ClH/c17-12-14-4-3-9-20(14)15(21)13-5-10-19(11-6-13)16(22)18-7-1-2-8-18;/h13-14H,1-12,17H2;1H. The number of halogens is 1. The number of likely N-dealkylation sites (tertiary alicyclic amines) is 3. The van der Waals surface area contributed by atoms with Crippen LogP contribution >= 0.6 is 12.4 Å². The molecule has 0 aromatic heterocycles. The molecule has 3 heterocycles. The first-order valence-corrected chi connectivity index (χ1v) is 8.75. The lowest BCUT2D eigenvalue weighted by atomic mass is 9.95. The summed E-state index contributed by atoms with van der Waals surface area (Å²) >= 11 is 0. The smallest absolute Gasteiger partial charge is 0.319 e. The molecule has 7 heteroatoms. The molecule has 0 aromatic carbocycles. The van der Waals surface area contributed by atoms with Crippen LogP contribution in [0, 0.1) is 5.92 Å². The number of rotatable bonds is 2. The molecule has 132 valence electrons. The molecule has 3 rings (SSSR count). The van der Waals surface area contributed by atoms with E-state index in [1.807, 2.05) is 14.7 Å². The summed E-state index contributed by atoms with van der Waals surface area (Å²) in [5.74, 6) is 0.344. The van der Waals surface area contributed by atoms with Gasteiger partial charge in [-0.25, -0.2) is 4.79 Å². The number of piperidine rings is 1. The van der Waals surface area contributed by atoms with E-state index in [1.165, 1.54) is 0 Å². The van der Waals surface area contributed by atoms with E-state index in [-0.39, 0.29) is 36.3 Å². The summed E-state index contributed by atoms with van der Waals surface area (Å²) in [6.07, 6.45) is 5.94. The zero-order chi connectivity index (χ0) is 15.5. The van der Waals surface area contributed by atoms with E-state index in [0.29, 0.717) is 19.6 Å². The Balaban J connectivity index is 0.00000192. The van der Waals surface area contributed by atoms with Crippen LogP contribution in [0.2, 0.25) is 0 Å². The summed E-state index contributed by atoms with van der Waals surface area (Å²) < 4.78 is 0. The van der Waals surface area contributed by atoms with Crippen LogP contribution in [0.15, 0.2) is 0 Å². The van der Waals surface area contributed by atoms with Crippen molar-refractivity contribution in [1.82, 2.24) is 14.7 Å². The molecular formula is C16H29ClN4O2. The second-order valence-corrected chi connectivity index (χ2v) is 6.80. The molecule has 23 heavy (non-hydrogen) atoms. The van der Waals surface area contributed by atoms with Crippen LogP contribution in [0.25, 0.3) is 0 Å². The van der Waals surface area contributed by atoms with Gasteiger partial charge in [-0.3, -0.25) is 4.79 Å². The van der Waals surface area contributed by atoms with Gasteiger partial charge in [-0.05, 0) is 38.5 Å². The maximum atomic E-state index is 12.7. The van der Waals surface area contributed by atoms with Crippen molar-refractivity contribution in [3.05, 3.63) is 0 Å². The predicted molar refractivity (Wildman–Crippen MR) is 91.5 cm³/mol. The van der Waals surface area contributed by atoms with Gasteiger partial charge in [-0.2, -0.15) is 0 Å². The van der Waals surface area contributed by atoms with Crippen molar-refractivity contribution in [3.63, 3.8) is 0 Å². The Hall–Kier alpha value is -1.01. The normalized spacial score (nSPS) is 25.6. The highest BCUT2D eigenvalue weighted by Crippen LogP contribution is 2.25. The maximum Gasteiger partial charge on any atom is 0.319 e. The monoisotopic (exact) mass is 344 g/mol. The fraction of sp³-hybridized carbons (Fsp3) is 0.875. The summed E-state index contributed by atoms with van der Waals surface area (Å²) in [5, 5.41) is 0. The molecule has 0 radical (unpaired) electrons. The van der Waals surface area contributed by atoms with Gasteiger partial charge in [-0.15, -0.1) is 12.4 Å². The number of carbonyl (C=O) groups excluding carboxylic acids is 2. The topological polar surface area (TPSA) is 69.9 Å². The first-order valence-electron chi connectivity index (χ1n) is 8.75. The third kappa shape index (κ3) is 3.91. The highest BCUT2D eigenvalue weighted by molar-refractivity contribution is 5.85. The average molecular weight is 345 g/mol. The minimum atomic E-state index is 0. The van der Waals surface area contributed by atoms with Gasteiger partial charge in [0.2, 0.25) is 5.91 Å². The van der Waals surface area contributed by atoms with Crippen molar-refractivity contribution < 1.29 is 9.59 Å². The van der Waals surface area contributed by atoms with Gasteiger partial charge in [0.25, 0.3) is 0 Å². The SMILES string of the molecule is Cl.NCC1CCCN1C(=O)C1CCN(C(=O)N2CCCC2)CC1. The first-order chi connectivity index (χ1) is 10.7. The van der Waals surface area contributed by atoms with Crippen LogP contribution in [-0.2, 0) is 4.79 Å². The minimum Gasteiger partial charge on any atom is -0.338 e. The molecule has 6 nitrogen and oxygen atoms in total. The van der Waals surface area contributed by atoms with Crippen LogP contribution in [-0.4, -0.2) is 71.9 Å². The van der Waals surface area contributed by atoms with Crippen LogP contribution in [0.1, 0.15) is 38.5 Å². The van der Waals surface area contributed by atoms with E-state index in [9.17, 15) is 9.59 Å². The molecule has 0 aromatic rings. The van der Waals surface area contributed by atoms with E-state index >= 15 is 0 Å². The molecule has 1 unspecified atom stereocenters. The van der Waals surface area contributed by atoms with Gasteiger partial charge in [0.15, 0.2) is 0 Å². The maximum absolute atomic E-state index is 12.7. The lowest BCUT2D eigenvalue weighted by Gasteiger charge is -2.36. The van der Waals surface area contributed by atoms with E-state index in [0.717, 1.165) is 58.2 Å². The van der Waals surface area contributed by atoms with Gasteiger partial charge < -0.3 is 20.4 Å². The quantitative estimate of drug-likeness (QED) is 0.820. The molecule has 3 fully saturated rings. The van der Waals surface area contributed by atoms with E-state index < -0.39 is 0 Å². The van der Waals surface area contributed by atoms with Gasteiger partial charge in [-0.1, -0.05) is 0 Å². The molecule has 1 atom stereocenters. The van der Waals surface area contributed by atoms with Crippen molar-refractivity contribution in [2.45, 2.75) is 44.6 Å². The number of urea groups is 1. The third-order valence-corrected chi connectivity index (χ3v) is 5.42. The lowest BCUT2D eigenvalue weighted by Crippen LogP contribution is -2.49. The molecular weight excluding hydrogens is 316 g/mol. The summed E-state index contributed by atoms with van der Waals surface area (Å²) in [6.45, 7) is 4.64. The zero-order valence-corrected chi connectivity index (χ0v) is 14.6. The second kappa shape index (κ2) is 8.20. The summed E-state index contributed by atoms with van der Waals surface area (Å²) in [6, 6.07) is 0.404. The second-order valence-electron chi connectivity index (χ2n) is 6.80. The van der Waals surface area contributed by atoms with Crippen molar-refractivity contribution in [2.75, 3.05) is 39.3 Å². The number of nitrogens with zero attached hydrogens (tertiary/aromatic N) is 3. The van der Waals surface area contributed by atoms with Crippen molar-refractivity contribution in [2.24, 2.45) is 11.7 Å². The number of amides is 3. The Morgan fingerprint density at radius 2 is 1.48 bits per heavy atom. The van der Waals surface area contributed by atoms with E-state index in [4.69, 9.17) is 5.73 Å². The summed E-state index contributed by atoms with van der Waals surface area (Å²) in [7, 11) is 0. The molecule has 2 N–H and O–H groups in total. The molecule has 3 saturated heterocycles. The first kappa shape index (κ1) is 18.3. The van der Waals surface area contributed by atoms with Gasteiger partial charge in [0, 0.05) is 51.2 Å². The Labute approximate surface area is 144 Å². The van der Waals surface area contributed by atoms with Crippen molar-refractivity contribution >= 4 is 24.3 Å². The van der Waals surface area contributed by atoms with E-state index in [1.54, 1.807) is 0 Å². The molecule has 0 saturated carbocycles. The highest BCUT2D eigenvalue weighted by atomic mass is 35.5. The van der Waals surface area contributed by atoms with E-state index in [2.05, 4.69) is 0 Å². The minimum absolute atomic E-state index is 0. The number of carbonyl (C=O) groups is 2. The zero-order valence-electron chi connectivity index (χ0n) is 13.8. The van der Waals surface area contributed by atoms with Crippen LogP contribution in [0.4, 0.5) is 4.79 Å².